The van der Waals surface area contributed by atoms with Crippen LogP contribution in [0.3, 0.4) is 0 Å². The molecule has 2 aromatic carbocycles. The van der Waals surface area contributed by atoms with Crippen LogP contribution >= 0.6 is 0 Å². The Balaban J connectivity index is 1.66. The Kier molecular flexibility index (Phi) is 6.03. The summed E-state index contributed by atoms with van der Waals surface area (Å²) < 4.78 is 29.1. The maximum Gasteiger partial charge on any atom is 0.214 e. The van der Waals surface area contributed by atoms with E-state index in [9.17, 15) is 8.42 Å². The summed E-state index contributed by atoms with van der Waals surface area (Å²) in [5, 5.41) is 1.32. The van der Waals surface area contributed by atoms with Crippen LogP contribution in [0.15, 0.2) is 48.5 Å². The van der Waals surface area contributed by atoms with Crippen LogP contribution in [0, 0.1) is 13.8 Å². The van der Waals surface area contributed by atoms with Crippen molar-refractivity contribution in [1.82, 2.24) is 8.87 Å². The lowest BCUT2D eigenvalue weighted by Crippen LogP contribution is -2.39. The molecule has 0 amide bonds. The molecule has 0 N–H and O–H groups in total. The van der Waals surface area contributed by atoms with Gasteiger partial charge in [-0.25, -0.2) is 12.7 Å². The third-order valence-corrected chi connectivity index (χ3v) is 8.66. The SMILES string of the molecule is CCCS(=O)(=O)N1CCC(c2c(C)n(Cc3ccccc3C)c3ccccc23)CC1. The van der Waals surface area contributed by atoms with Gasteiger partial charge in [0.25, 0.3) is 0 Å². The molecule has 4 rings (SSSR count). The average molecular weight is 425 g/mol. The van der Waals surface area contributed by atoms with Crippen molar-refractivity contribution in [3.05, 3.63) is 70.9 Å². The fourth-order valence-electron chi connectivity index (χ4n) is 4.94. The zero-order valence-electron chi connectivity index (χ0n) is 18.3. The van der Waals surface area contributed by atoms with Crippen molar-refractivity contribution in [2.45, 2.75) is 52.5 Å². The smallest absolute Gasteiger partial charge is 0.214 e. The molecule has 0 saturated carbocycles. The Morgan fingerprint density at radius 1 is 0.967 bits per heavy atom. The molecule has 5 heteroatoms. The Bertz CT molecular complexity index is 1140. The molecule has 30 heavy (non-hydrogen) atoms. The number of hydrogen-bond acceptors (Lipinski definition) is 2. The molecule has 160 valence electrons. The van der Waals surface area contributed by atoms with E-state index in [4.69, 9.17) is 0 Å². The molecule has 0 radical (unpaired) electrons. The molecular weight excluding hydrogens is 392 g/mol. The molecule has 1 aliphatic heterocycles. The highest BCUT2D eigenvalue weighted by Crippen LogP contribution is 2.38. The highest BCUT2D eigenvalue weighted by atomic mass is 32.2. The summed E-state index contributed by atoms with van der Waals surface area (Å²) >= 11 is 0. The first-order valence-corrected chi connectivity index (χ1v) is 12.6. The van der Waals surface area contributed by atoms with Crippen LogP contribution in [0.1, 0.15) is 54.5 Å². The van der Waals surface area contributed by atoms with Gasteiger partial charge in [0.15, 0.2) is 0 Å². The second-order valence-corrected chi connectivity index (χ2v) is 10.6. The van der Waals surface area contributed by atoms with Gasteiger partial charge in [-0.15, -0.1) is 0 Å². The fourth-order valence-corrected chi connectivity index (χ4v) is 6.49. The number of sulfonamides is 1. The summed E-state index contributed by atoms with van der Waals surface area (Å²) in [5.74, 6) is 0.660. The number of piperidine rings is 1. The third kappa shape index (κ3) is 3.93. The number of para-hydroxylation sites is 1. The zero-order valence-corrected chi connectivity index (χ0v) is 19.1. The number of benzene rings is 2. The second-order valence-electron chi connectivity index (χ2n) is 8.52. The Hall–Kier alpha value is -2.11. The number of aromatic nitrogens is 1. The summed E-state index contributed by atoms with van der Waals surface area (Å²) in [5.41, 5.74) is 6.65. The summed E-state index contributed by atoms with van der Waals surface area (Å²) in [4.78, 5) is 0. The molecule has 3 aromatic rings. The highest BCUT2D eigenvalue weighted by Gasteiger charge is 2.30. The van der Waals surface area contributed by atoms with Gasteiger partial charge >= 0.3 is 0 Å². The summed E-state index contributed by atoms with van der Waals surface area (Å²) in [6.45, 7) is 8.45. The first kappa shape index (κ1) is 21.1. The van der Waals surface area contributed by atoms with Crippen LogP contribution in [-0.4, -0.2) is 36.1 Å². The van der Waals surface area contributed by atoms with Gasteiger partial charge in [0.1, 0.15) is 0 Å². The van der Waals surface area contributed by atoms with Gasteiger partial charge in [0, 0.05) is 36.2 Å². The van der Waals surface area contributed by atoms with E-state index < -0.39 is 10.0 Å². The second kappa shape index (κ2) is 8.56. The van der Waals surface area contributed by atoms with Crippen molar-refractivity contribution in [3.63, 3.8) is 0 Å². The topological polar surface area (TPSA) is 42.3 Å². The quantitative estimate of drug-likeness (QED) is 0.544. The molecule has 0 unspecified atom stereocenters. The van der Waals surface area contributed by atoms with Gasteiger partial charge in [0.05, 0.1) is 5.75 Å². The molecule has 0 bridgehead atoms. The molecule has 1 fully saturated rings. The molecule has 0 spiro atoms. The summed E-state index contributed by atoms with van der Waals surface area (Å²) in [6, 6.07) is 17.2. The molecule has 0 aliphatic carbocycles. The standard InChI is InChI=1S/C25H32N2O2S/c1-4-17-30(28,29)26-15-13-21(14-16-26)25-20(3)27(24-12-8-7-11-23(24)25)18-22-10-6-5-9-19(22)2/h5-12,21H,4,13-18H2,1-3H3. The van der Waals surface area contributed by atoms with Crippen LogP contribution in [-0.2, 0) is 16.6 Å². The van der Waals surface area contributed by atoms with E-state index in [0.29, 0.717) is 25.4 Å². The van der Waals surface area contributed by atoms with Gasteiger partial charge in [-0.2, -0.15) is 0 Å². The largest absolute Gasteiger partial charge is 0.340 e. The lowest BCUT2D eigenvalue weighted by atomic mass is 9.88. The Labute approximate surface area is 180 Å². The van der Waals surface area contributed by atoms with E-state index in [1.54, 1.807) is 4.31 Å². The number of fused-ring (bicyclic) bond motifs is 1. The monoisotopic (exact) mass is 424 g/mol. The number of nitrogens with zero attached hydrogens (tertiary/aromatic N) is 2. The molecule has 2 heterocycles. The van der Waals surface area contributed by atoms with Gasteiger partial charge in [-0.05, 0) is 61.8 Å². The van der Waals surface area contributed by atoms with E-state index in [1.807, 2.05) is 6.92 Å². The number of hydrogen-bond donors (Lipinski definition) is 0. The maximum absolute atomic E-state index is 12.5. The minimum atomic E-state index is -3.10. The van der Waals surface area contributed by atoms with E-state index in [0.717, 1.165) is 19.4 Å². The Morgan fingerprint density at radius 2 is 1.63 bits per heavy atom. The van der Waals surface area contributed by atoms with Crippen LogP contribution in [0.2, 0.25) is 0 Å². The lowest BCUT2D eigenvalue weighted by Gasteiger charge is -2.31. The fraction of sp³-hybridized carbons (Fsp3) is 0.440. The molecule has 1 aromatic heterocycles. The van der Waals surface area contributed by atoms with Gasteiger partial charge < -0.3 is 4.57 Å². The van der Waals surface area contributed by atoms with Crippen LogP contribution in [0.5, 0.6) is 0 Å². The van der Waals surface area contributed by atoms with Crippen LogP contribution in [0.25, 0.3) is 10.9 Å². The molecule has 4 nitrogen and oxygen atoms in total. The lowest BCUT2D eigenvalue weighted by molar-refractivity contribution is 0.319. The molecule has 1 saturated heterocycles. The number of rotatable bonds is 6. The highest BCUT2D eigenvalue weighted by molar-refractivity contribution is 7.89. The van der Waals surface area contributed by atoms with Crippen molar-refractivity contribution in [2.75, 3.05) is 18.8 Å². The molecule has 1 aliphatic rings. The van der Waals surface area contributed by atoms with Crippen molar-refractivity contribution in [2.24, 2.45) is 0 Å². The van der Waals surface area contributed by atoms with E-state index >= 15 is 0 Å². The molecule has 0 atom stereocenters. The van der Waals surface area contributed by atoms with E-state index in [-0.39, 0.29) is 5.75 Å². The van der Waals surface area contributed by atoms with Crippen molar-refractivity contribution >= 4 is 20.9 Å². The van der Waals surface area contributed by atoms with Crippen molar-refractivity contribution < 1.29 is 8.42 Å². The average Bonchev–Trinajstić information content (AvgIpc) is 3.01. The first-order valence-electron chi connectivity index (χ1n) is 11.0. The predicted molar refractivity (Wildman–Crippen MR) is 125 cm³/mol. The zero-order chi connectivity index (χ0) is 21.3. The Morgan fingerprint density at radius 3 is 2.33 bits per heavy atom. The van der Waals surface area contributed by atoms with Gasteiger partial charge in [0.2, 0.25) is 10.0 Å². The maximum atomic E-state index is 12.5. The summed E-state index contributed by atoms with van der Waals surface area (Å²) in [6.07, 6.45) is 2.46. The molecular formula is C25H32N2O2S. The van der Waals surface area contributed by atoms with Crippen LogP contribution in [0.4, 0.5) is 0 Å². The van der Waals surface area contributed by atoms with E-state index in [2.05, 4.69) is 66.9 Å². The summed E-state index contributed by atoms with van der Waals surface area (Å²) in [7, 11) is -3.10. The minimum Gasteiger partial charge on any atom is -0.340 e. The van der Waals surface area contributed by atoms with Crippen molar-refractivity contribution in [1.29, 1.82) is 0 Å². The van der Waals surface area contributed by atoms with E-state index in [1.165, 1.54) is 33.3 Å². The third-order valence-electron chi connectivity index (χ3n) is 6.59. The predicted octanol–water partition coefficient (Wildman–Crippen LogP) is 5.23. The number of aryl methyl sites for hydroxylation is 1. The minimum absolute atomic E-state index is 0.256. The first-order chi connectivity index (χ1) is 14.4. The van der Waals surface area contributed by atoms with Crippen LogP contribution < -0.4 is 0 Å². The van der Waals surface area contributed by atoms with Crippen molar-refractivity contribution in [3.8, 4) is 0 Å². The van der Waals surface area contributed by atoms with Gasteiger partial charge in [-0.3, -0.25) is 0 Å². The normalized spacial score (nSPS) is 16.4. The van der Waals surface area contributed by atoms with Gasteiger partial charge in [-0.1, -0.05) is 49.4 Å².